The van der Waals surface area contributed by atoms with Gasteiger partial charge in [-0.25, -0.2) is 13.2 Å². The van der Waals surface area contributed by atoms with Crippen molar-refractivity contribution in [2.24, 2.45) is 0 Å². The fourth-order valence-corrected chi connectivity index (χ4v) is 3.17. The Kier molecular flexibility index (Phi) is 8.43. The van der Waals surface area contributed by atoms with Gasteiger partial charge in [0.05, 0.1) is 26.0 Å². The Morgan fingerprint density at radius 3 is 2.42 bits per heavy atom. The van der Waals surface area contributed by atoms with Crippen LogP contribution >= 0.6 is 0 Å². The minimum Gasteiger partial charge on any atom is -0.450 e. The molecule has 1 N–H and O–H groups in total. The summed E-state index contributed by atoms with van der Waals surface area (Å²) in [5.41, 5.74) is 0. The lowest BCUT2D eigenvalue weighted by atomic mass is 10.1. The molecule has 140 valence electrons. The predicted octanol–water partition coefficient (Wildman–Crippen LogP) is -0.368. The van der Waals surface area contributed by atoms with Crippen molar-refractivity contribution in [3.63, 3.8) is 0 Å². The number of methoxy groups -OCH3 is 1. The first-order valence-corrected chi connectivity index (χ1v) is 9.77. The lowest BCUT2D eigenvalue weighted by Gasteiger charge is -2.32. The van der Waals surface area contributed by atoms with E-state index in [0.717, 1.165) is 10.6 Å². The van der Waals surface area contributed by atoms with Crippen LogP contribution in [0.3, 0.4) is 0 Å². The highest BCUT2D eigenvalue weighted by Crippen LogP contribution is 2.11. The van der Waals surface area contributed by atoms with Crippen molar-refractivity contribution >= 4 is 22.0 Å². The van der Waals surface area contributed by atoms with Crippen molar-refractivity contribution in [3.8, 4) is 0 Å². The molecule has 0 atom stereocenters. The molecule has 1 saturated heterocycles. The molecule has 0 unspecified atom stereocenters. The monoisotopic (exact) mass is 365 g/mol. The summed E-state index contributed by atoms with van der Waals surface area (Å²) in [5.74, 6) is -0.355. The van der Waals surface area contributed by atoms with Crippen molar-refractivity contribution in [1.82, 2.24) is 14.5 Å². The molecule has 24 heavy (non-hydrogen) atoms. The van der Waals surface area contributed by atoms with Gasteiger partial charge in [-0.1, -0.05) is 0 Å². The van der Waals surface area contributed by atoms with E-state index in [4.69, 9.17) is 9.47 Å². The van der Waals surface area contributed by atoms with E-state index in [1.807, 2.05) is 0 Å². The molecule has 1 fully saturated rings. The maximum Gasteiger partial charge on any atom is 0.409 e. The van der Waals surface area contributed by atoms with Gasteiger partial charge in [-0.05, 0) is 19.8 Å². The Morgan fingerprint density at radius 2 is 1.92 bits per heavy atom. The molecule has 2 amide bonds. The fourth-order valence-electron chi connectivity index (χ4n) is 2.41. The molecule has 0 radical (unpaired) electrons. The molecule has 10 heteroatoms. The van der Waals surface area contributed by atoms with Gasteiger partial charge < -0.3 is 19.7 Å². The van der Waals surface area contributed by atoms with E-state index in [-0.39, 0.29) is 37.7 Å². The first-order chi connectivity index (χ1) is 11.3. The first kappa shape index (κ1) is 20.7. The van der Waals surface area contributed by atoms with Gasteiger partial charge in [0.15, 0.2) is 0 Å². The van der Waals surface area contributed by atoms with Crippen LogP contribution in [0.4, 0.5) is 4.79 Å². The highest BCUT2D eigenvalue weighted by atomic mass is 32.2. The number of carbonyl (C=O) groups excluding carboxylic acids is 2. The molecule has 0 bridgehead atoms. The Labute approximate surface area is 143 Å². The van der Waals surface area contributed by atoms with Crippen LogP contribution in [0.1, 0.15) is 19.8 Å². The summed E-state index contributed by atoms with van der Waals surface area (Å²) in [4.78, 5) is 25.3. The van der Waals surface area contributed by atoms with Crippen molar-refractivity contribution in [2.45, 2.75) is 25.8 Å². The third kappa shape index (κ3) is 7.02. The van der Waals surface area contributed by atoms with Crippen molar-refractivity contribution < 1.29 is 27.5 Å². The summed E-state index contributed by atoms with van der Waals surface area (Å²) in [6, 6.07) is -0.0768. The predicted molar refractivity (Wildman–Crippen MR) is 88.1 cm³/mol. The second-order valence-electron chi connectivity index (χ2n) is 5.62. The zero-order valence-corrected chi connectivity index (χ0v) is 15.3. The minimum absolute atomic E-state index is 0.0768. The van der Waals surface area contributed by atoms with E-state index in [0.29, 0.717) is 32.5 Å². The number of amides is 2. The lowest BCUT2D eigenvalue weighted by molar-refractivity contribution is -0.122. The second kappa shape index (κ2) is 9.80. The van der Waals surface area contributed by atoms with Gasteiger partial charge in [0.25, 0.3) is 0 Å². The van der Waals surface area contributed by atoms with Crippen LogP contribution in [0.15, 0.2) is 0 Å². The molecule has 9 nitrogen and oxygen atoms in total. The normalized spacial score (nSPS) is 16.2. The summed E-state index contributed by atoms with van der Waals surface area (Å²) < 4.78 is 34.2. The number of hydrogen-bond acceptors (Lipinski definition) is 6. The molecular formula is C14H27N3O6S. The molecule has 0 aromatic rings. The average molecular weight is 365 g/mol. The maximum absolute atomic E-state index is 12.1. The van der Waals surface area contributed by atoms with Crippen LogP contribution in [0.25, 0.3) is 0 Å². The van der Waals surface area contributed by atoms with Gasteiger partial charge in [-0.3, -0.25) is 4.79 Å². The van der Waals surface area contributed by atoms with Crippen LogP contribution in [-0.2, 0) is 24.3 Å². The largest absolute Gasteiger partial charge is 0.450 e. The number of rotatable bonds is 8. The number of carbonyl (C=O) groups is 2. The van der Waals surface area contributed by atoms with E-state index in [1.165, 1.54) is 7.11 Å². The van der Waals surface area contributed by atoms with Gasteiger partial charge in [0.2, 0.25) is 15.9 Å². The summed E-state index contributed by atoms with van der Waals surface area (Å²) >= 11 is 0. The first-order valence-electron chi connectivity index (χ1n) is 7.93. The van der Waals surface area contributed by atoms with E-state index in [1.54, 1.807) is 11.8 Å². The van der Waals surface area contributed by atoms with Gasteiger partial charge in [0.1, 0.15) is 0 Å². The van der Waals surface area contributed by atoms with Gasteiger partial charge in [-0.2, -0.15) is 4.31 Å². The Morgan fingerprint density at radius 1 is 1.29 bits per heavy atom. The maximum atomic E-state index is 12.1. The average Bonchev–Trinajstić information content (AvgIpc) is 2.51. The fraction of sp³-hybridized carbons (Fsp3) is 0.857. The summed E-state index contributed by atoms with van der Waals surface area (Å²) in [7, 11) is -2.01. The van der Waals surface area contributed by atoms with Crippen LogP contribution in [0.2, 0.25) is 0 Å². The van der Waals surface area contributed by atoms with Crippen molar-refractivity contribution in [2.75, 3.05) is 52.8 Å². The van der Waals surface area contributed by atoms with Crippen molar-refractivity contribution in [3.05, 3.63) is 0 Å². The lowest BCUT2D eigenvalue weighted by Crippen LogP contribution is -2.49. The van der Waals surface area contributed by atoms with Crippen LogP contribution in [0.5, 0.6) is 0 Å². The number of nitrogens with zero attached hydrogens (tertiary/aromatic N) is 2. The molecule has 0 aromatic heterocycles. The van der Waals surface area contributed by atoms with E-state index < -0.39 is 10.0 Å². The number of piperidine rings is 1. The molecule has 0 spiro atoms. The Hall–Kier alpha value is -1.39. The molecule has 0 aromatic carbocycles. The van der Waals surface area contributed by atoms with Crippen LogP contribution < -0.4 is 5.32 Å². The highest BCUT2D eigenvalue weighted by molar-refractivity contribution is 7.88. The summed E-state index contributed by atoms with van der Waals surface area (Å²) in [6.45, 7) is 3.20. The Balaban J connectivity index is 2.44. The van der Waals surface area contributed by atoms with E-state index in [2.05, 4.69) is 5.32 Å². The SMILES string of the molecule is CCOC(=O)N1CCC(NC(=O)CN(CCOC)S(C)(=O)=O)CC1. The molecule has 0 aliphatic carbocycles. The van der Waals surface area contributed by atoms with Gasteiger partial charge in [-0.15, -0.1) is 0 Å². The second-order valence-corrected chi connectivity index (χ2v) is 7.60. The molecule has 0 saturated carbocycles. The summed E-state index contributed by atoms with van der Waals surface area (Å²) in [5, 5.41) is 2.82. The summed E-state index contributed by atoms with van der Waals surface area (Å²) in [6.07, 6.45) is 1.95. The molecular weight excluding hydrogens is 338 g/mol. The van der Waals surface area contributed by atoms with Crippen LogP contribution in [-0.4, -0.2) is 88.4 Å². The van der Waals surface area contributed by atoms with E-state index >= 15 is 0 Å². The minimum atomic E-state index is -3.48. The number of likely N-dealkylation sites (tertiary alicyclic amines) is 1. The van der Waals surface area contributed by atoms with Gasteiger partial charge in [0, 0.05) is 32.8 Å². The Bertz CT molecular complexity index is 517. The number of nitrogens with one attached hydrogen (secondary N) is 1. The molecule has 1 aliphatic rings. The third-order valence-electron chi connectivity index (χ3n) is 3.72. The quantitative estimate of drug-likeness (QED) is 0.629. The smallest absolute Gasteiger partial charge is 0.409 e. The van der Waals surface area contributed by atoms with Crippen molar-refractivity contribution in [1.29, 1.82) is 0 Å². The number of sulfonamides is 1. The molecule has 1 heterocycles. The van der Waals surface area contributed by atoms with Gasteiger partial charge >= 0.3 is 6.09 Å². The standard InChI is InChI=1S/C14H27N3O6S/c1-4-23-14(19)16-7-5-12(6-8-16)15-13(18)11-17(9-10-22-2)24(3,20)21/h12H,4-11H2,1-3H3,(H,15,18). The van der Waals surface area contributed by atoms with Crippen LogP contribution in [0, 0.1) is 0 Å². The molecule has 1 aliphatic heterocycles. The number of hydrogen-bond donors (Lipinski definition) is 1. The number of ether oxygens (including phenoxy) is 2. The zero-order valence-electron chi connectivity index (χ0n) is 14.5. The third-order valence-corrected chi connectivity index (χ3v) is 4.97. The zero-order chi connectivity index (χ0) is 18.2. The highest BCUT2D eigenvalue weighted by Gasteiger charge is 2.26. The van der Waals surface area contributed by atoms with E-state index in [9.17, 15) is 18.0 Å². The topological polar surface area (TPSA) is 105 Å². The molecule has 1 rings (SSSR count).